The van der Waals surface area contributed by atoms with E-state index in [-0.39, 0.29) is 5.82 Å². The fraction of sp³-hybridized carbons (Fsp3) is 0.250. The molecule has 0 bridgehead atoms. The average Bonchev–Trinajstić information content (AvgIpc) is 2.97. The number of imidazole rings is 1. The second kappa shape index (κ2) is 4.04. The largest absolute Gasteiger partial charge is 0.353 e. The van der Waals surface area contributed by atoms with Crippen molar-refractivity contribution in [2.75, 3.05) is 5.32 Å². The van der Waals surface area contributed by atoms with E-state index in [1.807, 2.05) is 0 Å². The van der Waals surface area contributed by atoms with E-state index in [1.165, 1.54) is 6.07 Å². The third kappa shape index (κ3) is 2.13. The van der Waals surface area contributed by atoms with Crippen LogP contribution < -0.4 is 5.32 Å². The SMILES string of the molecule is Fc1cc(Cl)ccc1-n1ccnc1NC1CC1. The molecule has 1 aliphatic carbocycles. The number of benzene rings is 1. The molecule has 0 atom stereocenters. The van der Waals surface area contributed by atoms with Crippen LogP contribution in [0.25, 0.3) is 5.69 Å². The third-order valence-corrected chi connectivity index (χ3v) is 2.96. The lowest BCUT2D eigenvalue weighted by Gasteiger charge is -2.10. The van der Waals surface area contributed by atoms with Gasteiger partial charge in [-0.05, 0) is 31.0 Å². The predicted octanol–water partition coefficient (Wildman–Crippen LogP) is 3.24. The van der Waals surface area contributed by atoms with Gasteiger partial charge >= 0.3 is 0 Å². The molecule has 3 rings (SSSR count). The lowest BCUT2D eigenvalue weighted by Crippen LogP contribution is -2.08. The van der Waals surface area contributed by atoms with Crippen LogP contribution in [0, 0.1) is 5.82 Å². The maximum atomic E-state index is 13.8. The minimum atomic E-state index is -0.352. The van der Waals surface area contributed by atoms with E-state index in [4.69, 9.17) is 11.6 Å². The van der Waals surface area contributed by atoms with Crippen molar-refractivity contribution in [1.29, 1.82) is 0 Å². The van der Waals surface area contributed by atoms with Crippen LogP contribution in [0.3, 0.4) is 0 Å². The van der Waals surface area contributed by atoms with Crippen LogP contribution in [-0.4, -0.2) is 15.6 Å². The quantitative estimate of drug-likeness (QED) is 0.908. The Morgan fingerprint density at radius 2 is 2.24 bits per heavy atom. The lowest BCUT2D eigenvalue weighted by molar-refractivity contribution is 0.618. The van der Waals surface area contributed by atoms with Crippen LogP contribution in [0.4, 0.5) is 10.3 Å². The summed E-state index contributed by atoms with van der Waals surface area (Å²) in [6, 6.07) is 5.10. The summed E-state index contributed by atoms with van der Waals surface area (Å²) in [6.45, 7) is 0. The molecule has 1 heterocycles. The number of hydrogen-bond acceptors (Lipinski definition) is 2. The average molecular weight is 252 g/mol. The fourth-order valence-corrected chi connectivity index (χ4v) is 1.85. The van der Waals surface area contributed by atoms with Gasteiger partial charge in [-0.2, -0.15) is 0 Å². The molecule has 3 nitrogen and oxygen atoms in total. The summed E-state index contributed by atoms with van der Waals surface area (Å²) in [4.78, 5) is 4.19. The minimum Gasteiger partial charge on any atom is -0.353 e. The molecule has 1 aromatic heterocycles. The van der Waals surface area contributed by atoms with Crippen LogP contribution in [0.2, 0.25) is 5.02 Å². The zero-order valence-electron chi connectivity index (χ0n) is 9.03. The molecule has 0 spiro atoms. The van der Waals surface area contributed by atoms with Gasteiger partial charge in [0.1, 0.15) is 5.82 Å². The van der Waals surface area contributed by atoms with Crippen LogP contribution in [0.15, 0.2) is 30.6 Å². The highest BCUT2D eigenvalue weighted by atomic mass is 35.5. The van der Waals surface area contributed by atoms with Crippen molar-refractivity contribution < 1.29 is 4.39 Å². The smallest absolute Gasteiger partial charge is 0.207 e. The van der Waals surface area contributed by atoms with Gasteiger partial charge in [0.05, 0.1) is 5.69 Å². The predicted molar refractivity (Wildman–Crippen MR) is 65.2 cm³/mol. The highest BCUT2D eigenvalue weighted by Gasteiger charge is 2.23. The molecule has 0 aliphatic heterocycles. The Balaban J connectivity index is 1.99. The fourth-order valence-electron chi connectivity index (χ4n) is 1.69. The number of aromatic nitrogens is 2. The summed E-state index contributed by atoms with van der Waals surface area (Å²) >= 11 is 5.73. The van der Waals surface area contributed by atoms with Crippen LogP contribution in [-0.2, 0) is 0 Å². The normalized spacial score (nSPS) is 14.9. The molecule has 0 saturated heterocycles. The first kappa shape index (κ1) is 10.6. The van der Waals surface area contributed by atoms with Crippen molar-refractivity contribution in [2.24, 2.45) is 0 Å². The molecule has 1 saturated carbocycles. The monoisotopic (exact) mass is 251 g/mol. The molecular weight excluding hydrogens is 241 g/mol. The van der Waals surface area contributed by atoms with Crippen molar-refractivity contribution in [3.05, 3.63) is 41.4 Å². The van der Waals surface area contributed by atoms with Gasteiger partial charge in [0.15, 0.2) is 0 Å². The Hall–Kier alpha value is -1.55. The highest BCUT2D eigenvalue weighted by molar-refractivity contribution is 6.30. The van der Waals surface area contributed by atoms with Crippen molar-refractivity contribution in [2.45, 2.75) is 18.9 Å². The first-order valence-electron chi connectivity index (χ1n) is 5.49. The topological polar surface area (TPSA) is 29.9 Å². The molecule has 2 aromatic rings. The van der Waals surface area contributed by atoms with E-state index in [1.54, 1.807) is 29.1 Å². The van der Waals surface area contributed by atoms with Crippen molar-refractivity contribution in [3.63, 3.8) is 0 Å². The molecule has 0 amide bonds. The lowest BCUT2D eigenvalue weighted by atomic mass is 10.3. The van der Waals surface area contributed by atoms with E-state index in [0.717, 1.165) is 12.8 Å². The third-order valence-electron chi connectivity index (χ3n) is 2.72. The molecule has 1 fully saturated rings. The first-order valence-corrected chi connectivity index (χ1v) is 5.87. The van der Waals surface area contributed by atoms with E-state index in [9.17, 15) is 4.39 Å². The van der Waals surface area contributed by atoms with Gasteiger partial charge in [-0.15, -0.1) is 0 Å². The summed E-state index contributed by atoms with van der Waals surface area (Å²) in [5.41, 5.74) is 0.454. The Morgan fingerprint density at radius 3 is 2.94 bits per heavy atom. The summed E-state index contributed by atoms with van der Waals surface area (Å²) < 4.78 is 15.5. The van der Waals surface area contributed by atoms with Gasteiger partial charge in [0.25, 0.3) is 0 Å². The molecule has 1 aromatic carbocycles. The standard InChI is InChI=1S/C12H11ClFN3/c13-8-1-4-11(10(14)7-8)17-6-5-15-12(17)16-9-2-3-9/h1,4-7,9H,2-3H2,(H,15,16). The second-order valence-corrected chi connectivity index (χ2v) is 4.57. The van der Waals surface area contributed by atoms with Gasteiger partial charge in [-0.3, -0.25) is 4.57 Å². The zero-order chi connectivity index (χ0) is 11.8. The summed E-state index contributed by atoms with van der Waals surface area (Å²) in [6.07, 6.45) is 5.68. The number of rotatable bonds is 3. The maximum absolute atomic E-state index is 13.8. The number of anilines is 1. The Labute approximate surface area is 103 Å². The van der Waals surface area contributed by atoms with Gasteiger partial charge in [0.2, 0.25) is 5.95 Å². The Bertz CT molecular complexity index is 548. The summed E-state index contributed by atoms with van der Waals surface area (Å²) in [5, 5.41) is 3.65. The van der Waals surface area contributed by atoms with E-state index < -0.39 is 0 Å². The van der Waals surface area contributed by atoms with Gasteiger partial charge < -0.3 is 5.32 Å². The van der Waals surface area contributed by atoms with E-state index in [0.29, 0.717) is 22.7 Å². The van der Waals surface area contributed by atoms with Crippen LogP contribution in [0.5, 0.6) is 0 Å². The van der Waals surface area contributed by atoms with Crippen molar-refractivity contribution in [1.82, 2.24) is 9.55 Å². The zero-order valence-corrected chi connectivity index (χ0v) is 9.78. The van der Waals surface area contributed by atoms with Crippen LogP contribution in [0.1, 0.15) is 12.8 Å². The molecule has 5 heteroatoms. The number of nitrogens with one attached hydrogen (secondary N) is 1. The number of hydrogen-bond donors (Lipinski definition) is 1. The Kier molecular flexibility index (Phi) is 2.52. The molecule has 1 N–H and O–H groups in total. The maximum Gasteiger partial charge on any atom is 0.207 e. The van der Waals surface area contributed by atoms with Crippen molar-refractivity contribution >= 4 is 17.5 Å². The Morgan fingerprint density at radius 1 is 1.41 bits per heavy atom. The van der Waals surface area contributed by atoms with Crippen molar-refractivity contribution in [3.8, 4) is 5.69 Å². The molecule has 1 aliphatic rings. The van der Waals surface area contributed by atoms with E-state index >= 15 is 0 Å². The minimum absolute atomic E-state index is 0.352. The highest BCUT2D eigenvalue weighted by Crippen LogP contribution is 2.26. The van der Waals surface area contributed by atoms with Gasteiger partial charge in [-0.1, -0.05) is 11.6 Å². The van der Waals surface area contributed by atoms with Gasteiger partial charge in [-0.25, -0.2) is 9.37 Å². The summed E-state index contributed by atoms with van der Waals surface area (Å²) in [5.74, 6) is 0.322. The number of halogens is 2. The second-order valence-electron chi connectivity index (χ2n) is 4.14. The number of nitrogens with zero attached hydrogens (tertiary/aromatic N) is 2. The summed E-state index contributed by atoms with van der Waals surface area (Å²) in [7, 11) is 0. The van der Waals surface area contributed by atoms with E-state index in [2.05, 4.69) is 10.3 Å². The molecular formula is C12H11ClFN3. The van der Waals surface area contributed by atoms with Crippen LogP contribution >= 0.6 is 11.6 Å². The molecule has 17 heavy (non-hydrogen) atoms. The molecule has 88 valence electrons. The first-order chi connectivity index (χ1) is 8.24. The molecule has 0 unspecified atom stereocenters. The van der Waals surface area contributed by atoms with Gasteiger partial charge in [0, 0.05) is 23.5 Å². The molecule has 0 radical (unpaired) electrons.